The molecule has 0 aliphatic carbocycles. The lowest BCUT2D eigenvalue weighted by molar-refractivity contribution is 0.593. The Bertz CT molecular complexity index is 86.9. The zero-order valence-electron chi connectivity index (χ0n) is 3.40. The van der Waals surface area contributed by atoms with Gasteiger partial charge in [0.1, 0.15) is 0 Å². The molecule has 0 aliphatic rings. The van der Waals surface area contributed by atoms with Crippen LogP contribution >= 0.6 is 39.9 Å². The van der Waals surface area contributed by atoms with Crippen molar-refractivity contribution in [3.05, 3.63) is 0 Å². The highest BCUT2D eigenvalue weighted by molar-refractivity contribution is 8.08. The molecule has 0 rings (SSSR count). The van der Waals surface area contributed by atoms with E-state index in [9.17, 15) is 4.57 Å². The predicted molar refractivity (Wildman–Crippen MR) is 34.9 cm³/mol. The summed E-state index contributed by atoms with van der Waals surface area (Å²) in [5, 5.41) is 0. The topological polar surface area (TPSA) is 17.1 Å². The van der Waals surface area contributed by atoms with Crippen molar-refractivity contribution in [2.45, 2.75) is 0 Å². The average molecular weight is 181 g/mol. The Morgan fingerprint density at radius 3 is 1.86 bits per heavy atom. The van der Waals surface area contributed by atoms with Gasteiger partial charge in [-0.1, -0.05) is 0 Å². The molecule has 0 unspecified atom stereocenters. The second kappa shape index (κ2) is 3.19. The van der Waals surface area contributed by atoms with Crippen molar-refractivity contribution in [1.29, 1.82) is 0 Å². The Labute approximate surface area is 56.9 Å². The summed E-state index contributed by atoms with van der Waals surface area (Å²) < 4.78 is 10.3. The summed E-state index contributed by atoms with van der Waals surface area (Å²) >= 11 is 15.3. The van der Waals surface area contributed by atoms with Crippen LogP contribution in [-0.4, -0.2) is 12.0 Å². The van der Waals surface area contributed by atoms with Gasteiger partial charge >= 0.3 is 0 Å². The van der Waals surface area contributed by atoms with Gasteiger partial charge in [0.15, 0.2) is 0 Å². The minimum atomic E-state index is -2.85. The summed E-state index contributed by atoms with van der Waals surface area (Å²) in [5.41, 5.74) is 0. The molecule has 0 amide bonds. The number of alkyl halides is 1. The molecule has 7 heavy (non-hydrogen) atoms. The predicted octanol–water partition coefficient (Wildman–Crippen LogP) is 2.90. The molecule has 0 heterocycles. The molecule has 0 aromatic heterocycles. The highest BCUT2D eigenvalue weighted by atomic mass is 35.9. The molecule has 0 N–H and O–H groups in total. The molecule has 0 aromatic rings. The summed E-state index contributed by atoms with van der Waals surface area (Å²) in [4.78, 5) is 0. The second-order valence-corrected chi connectivity index (χ2v) is 6.74. The fourth-order valence-corrected chi connectivity index (χ4v) is 2.04. The Morgan fingerprint density at radius 1 is 1.43 bits per heavy atom. The molecule has 0 radical (unpaired) electrons. The first-order valence-corrected chi connectivity index (χ1v) is 5.84. The van der Waals surface area contributed by atoms with E-state index < -0.39 is 5.85 Å². The van der Waals surface area contributed by atoms with Crippen LogP contribution in [0.4, 0.5) is 0 Å². The Morgan fingerprint density at radius 2 is 1.86 bits per heavy atom. The summed E-state index contributed by atoms with van der Waals surface area (Å²) in [6, 6.07) is 0. The quantitative estimate of drug-likeness (QED) is 0.473. The average Bonchev–Trinajstić information content (AvgIpc) is 1.30. The first-order chi connectivity index (χ1) is 3.06. The van der Waals surface area contributed by atoms with E-state index in [1.807, 2.05) is 0 Å². The third kappa shape index (κ3) is 7.10. The number of halogens is 3. The van der Waals surface area contributed by atoms with Crippen molar-refractivity contribution in [2.24, 2.45) is 0 Å². The molecule has 0 aliphatic heterocycles. The van der Waals surface area contributed by atoms with E-state index in [1.54, 1.807) is 0 Å². The van der Waals surface area contributed by atoms with Crippen molar-refractivity contribution in [3.63, 3.8) is 0 Å². The summed E-state index contributed by atoms with van der Waals surface area (Å²) in [7, 11) is 0. The van der Waals surface area contributed by atoms with Gasteiger partial charge in [0.25, 0.3) is 5.85 Å². The summed E-state index contributed by atoms with van der Waals surface area (Å²) in [6.07, 6.45) is 0.192. The van der Waals surface area contributed by atoms with Crippen molar-refractivity contribution >= 4 is 39.9 Å². The molecule has 0 aromatic carbocycles. The van der Waals surface area contributed by atoms with Gasteiger partial charge in [0.2, 0.25) is 0 Å². The maximum atomic E-state index is 10.3. The molecule has 0 bridgehead atoms. The lowest BCUT2D eigenvalue weighted by Gasteiger charge is -1.92. The molecule has 0 fully saturated rings. The van der Waals surface area contributed by atoms with Gasteiger partial charge in [0, 0.05) is 12.0 Å². The van der Waals surface area contributed by atoms with Crippen LogP contribution in [0.15, 0.2) is 0 Å². The fraction of sp³-hybridized carbons (Fsp3) is 1.00. The van der Waals surface area contributed by atoms with Crippen molar-refractivity contribution in [3.8, 4) is 0 Å². The Balaban J connectivity index is 3.36. The monoisotopic (exact) mass is 180 g/mol. The fourth-order valence-electron chi connectivity index (χ4n) is 0.0984. The van der Waals surface area contributed by atoms with Gasteiger partial charge in [0.05, 0.1) is 0 Å². The zero-order chi connectivity index (χ0) is 5.91. The van der Waals surface area contributed by atoms with Gasteiger partial charge in [-0.15, -0.1) is 11.6 Å². The van der Waals surface area contributed by atoms with E-state index in [0.29, 0.717) is 0 Å². The third-order valence-corrected chi connectivity index (χ3v) is 2.56. The van der Waals surface area contributed by atoms with Crippen molar-refractivity contribution in [2.75, 3.05) is 12.0 Å². The van der Waals surface area contributed by atoms with Crippen LogP contribution in [0, 0.1) is 0 Å². The van der Waals surface area contributed by atoms with Crippen LogP contribution in [0.2, 0.25) is 0 Å². The largest absolute Gasteiger partial charge is 0.289 e. The van der Waals surface area contributed by atoms with Crippen molar-refractivity contribution in [1.82, 2.24) is 0 Å². The zero-order valence-corrected chi connectivity index (χ0v) is 6.57. The maximum absolute atomic E-state index is 10.3. The molecule has 1 nitrogen and oxygen atoms in total. The van der Waals surface area contributed by atoms with Crippen LogP contribution in [-0.2, 0) is 4.57 Å². The van der Waals surface area contributed by atoms with Crippen LogP contribution in [0.3, 0.4) is 0 Å². The van der Waals surface area contributed by atoms with Crippen LogP contribution in [0.25, 0.3) is 0 Å². The first kappa shape index (κ1) is 8.10. The molecule has 0 atom stereocenters. The molecule has 0 spiro atoms. The summed E-state index contributed by atoms with van der Waals surface area (Å²) in [6.45, 7) is 0. The van der Waals surface area contributed by atoms with Crippen LogP contribution in [0.1, 0.15) is 0 Å². The Hall–Kier alpha value is 1.10. The van der Waals surface area contributed by atoms with E-state index in [0.717, 1.165) is 0 Å². The van der Waals surface area contributed by atoms with Gasteiger partial charge in [-0.25, -0.2) is 0 Å². The lowest BCUT2D eigenvalue weighted by Crippen LogP contribution is -1.75. The molecule has 44 valence electrons. The van der Waals surface area contributed by atoms with E-state index in [-0.39, 0.29) is 12.0 Å². The van der Waals surface area contributed by atoms with E-state index in [4.69, 9.17) is 34.1 Å². The molecular formula is C2H4Cl3OP. The smallest absolute Gasteiger partial charge is 0.254 e. The van der Waals surface area contributed by atoms with Gasteiger partial charge in [-0.3, -0.25) is 4.57 Å². The molecule has 0 saturated heterocycles. The number of rotatable bonds is 2. The van der Waals surface area contributed by atoms with E-state index >= 15 is 0 Å². The SMILES string of the molecule is O=P(Cl)(Cl)CCCl. The molecule has 0 saturated carbocycles. The normalized spacial score (nSPS) is 11.9. The second-order valence-electron chi connectivity index (χ2n) is 0.983. The van der Waals surface area contributed by atoms with Crippen molar-refractivity contribution < 1.29 is 4.57 Å². The van der Waals surface area contributed by atoms with Crippen LogP contribution < -0.4 is 0 Å². The summed E-state index contributed by atoms with van der Waals surface area (Å²) in [5.74, 6) is -2.60. The van der Waals surface area contributed by atoms with E-state index in [1.165, 1.54) is 0 Å². The van der Waals surface area contributed by atoms with Crippen LogP contribution in [0.5, 0.6) is 0 Å². The Kier molecular flexibility index (Phi) is 3.69. The highest BCUT2D eigenvalue weighted by Crippen LogP contribution is 2.56. The third-order valence-electron chi connectivity index (χ3n) is 0.345. The number of hydrogen-bond donors (Lipinski definition) is 0. The molecule has 5 heteroatoms. The minimum absolute atomic E-state index is 0.192. The first-order valence-electron chi connectivity index (χ1n) is 1.60. The van der Waals surface area contributed by atoms with Gasteiger partial charge < -0.3 is 0 Å². The minimum Gasteiger partial charge on any atom is -0.289 e. The highest BCUT2D eigenvalue weighted by Gasteiger charge is 2.10. The molecular weight excluding hydrogens is 177 g/mol. The number of hydrogen-bond acceptors (Lipinski definition) is 1. The lowest BCUT2D eigenvalue weighted by atomic mass is 11.0. The maximum Gasteiger partial charge on any atom is 0.254 e. The van der Waals surface area contributed by atoms with Gasteiger partial charge in [-0.05, 0) is 22.5 Å². The van der Waals surface area contributed by atoms with E-state index in [2.05, 4.69) is 0 Å². The standard InChI is InChI=1S/C2H4Cl3OP/c3-1-2-7(4,5)6/h1-2H2. The van der Waals surface area contributed by atoms with Gasteiger partial charge in [-0.2, -0.15) is 0 Å².